The maximum atomic E-state index is 13.6. The summed E-state index contributed by atoms with van der Waals surface area (Å²) in [5.41, 5.74) is -0.233. The SMILES string of the molecule is O=C(NC1CCN(c2cnccn2)CC1)[C@@]12CC[C@H](N3CCOCC3)C[C@H]1CCNC2. The fraction of sp³-hybridized carbons (Fsp3) is 0.783. The quantitative estimate of drug-likeness (QED) is 0.742. The Kier molecular flexibility index (Phi) is 6.39. The molecule has 2 N–H and O–H groups in total. The van der Waals surface area contributed by atoms with Crippen LogP contribution in [0.3, 0.4) is 0 Å². The van der Waals surface area contributed by atoms with Gasteiger partial charge in [-0.1, -0.05) is 0 Å². The molecule has 4 aliphatic rings. The number of morpholine rings is 1. The smallest absolute Gasteiger partial charge is 0.228 e. The summed E-state index contributed by atoms with van der Waals surface area (Å²) in [4.78, 5) is 27.1. The van der Waals surface area contributed by atoms with Crippen LogP contribution in [-0.2, 0) is 9.53 Å². The molecule has 1 amide bonds. The highest BCUT2D eigenvalue weighted by Crippen LogP contribution is 2.46. The highest BCUT2D eigenvalue weighted by atomic mass is 16.5. The molecule has 4 heterocycles. The Morgan fingerprint density at radius 1 is 1.13 bits per heavy atom. The number of aromatic nitrogens is 2. The molecule has 1 aliphatic carbocycles. The van der Waals surface area contributed by atoms with Crippen molar-refractivity contribution < 1.29 is 9.53 Å². The number of nitrogens with one attached hydrogen (secondary N) is 2. The maximum absolute atomic E-state index is 13.6. The normalized spacial score (nSPS) is 33.0. The van der Waals surface area contributed by atoms with E-state index in [1.54, 1.807) is 12.4 Å². The number of hydrogen-bond acceptors (Lipinski definition) is 7. The Morgan fingerprint density at radius 2 is 1.97 bits per heavy atom. The van der Waals surface area contributed by atoms with Crippen LogP contribution in [0.5, 0.6) is 0 Å². The summed E-state index contributed by atoms with van der Waals surface area (Å²) in [7, 11) is 0. The minimum absolute atomic E-state index is 0.233. The molecule has 0 radical (unpaired) electrons. The largest absolute Gasteiger partial charge is 0.379 e. The van der Waals surface area contributed by atoms with Crippen LogP contribution < -0.4 is 15.5 Å². The van der Waals surface area contributed by atoms with Gasteiger partial charge in [0.05, 0.1) is 24.8 Å². The number of ether oxygens (including phenoxy) is 1. The summed E-state index contributed by atoms with van der Waals surface area (Å²) in [5, 5.41) is 7.02. The summed E-state index contributed by atoms with van der Waals surface area (Å²) < 4.78 is 5.55. The van der Waals surface area contributed by atoms with E-state index in [2.05, 4.69) is 30.4 Å². The van der Waals surface area contributed by atoms with Crippen LogP contribution in [0.4, 0.5) is 5.82 Å². The monoisotopic (exact) mass is 428 g/mol. The molecule has 1 aromatic heterocycles. The van der Waals surface area contributed by atoms with Crippen molar-refractivity contribution in [1.82, 2.24) is 25.5 Å². The van der Waals surface area contributed by atoms with Gasteiger partial charge in [0.1, 0.15) is 5.82 Å². The van der Waals surface area contributed by atoms with Crippen LogP contribution in [0.2, 0.25) is 0 Å². The molecule has 0 aromatic carbocycles. The number of carbonyl (C=O) groups is 1. The minimum Gasteiger partial charge on any atom is -0.379 e. The summed E-state index contributed by atoms with van der Waals surface area (Å²) in [6.45, 7) is 7.47. The lowest BCUT2D eigenvalue weighted by Gasteiger charge is -2.51. The van der Waals surface area contributed by atoms with E-state index in [-0.39, 0.29) is 11.5 Å². The first-order chi connectivity index (χ1) is 15.2. The average Bonchev–Trinajstić information content (AvgIpc) is 2.85. The third-order valence-electron chi connectivity index (χ3n) is 8.09. The van der Waals surface area contributed by atoms with Gasteiger partial charge in [-0.05, 0) is 51.0 Å². The molecular weight excluding hydrogens is 392 g/mol. The Labute approximate surface area is 185 Å². The maximum Gasteiger partial charge on any atom is 0.228 e. The molecule has 8 nitrogen and oxygen atoms in total. The number of hydrogen-bond donors (Lipinski definition) is 2. The lowest BCUT2D eigenvalue weighted by atomic mass is 9.61. The second kappa shape index (κ2) is 9.38. The van der Waals surface area contributed by atoms with Gasteiger partial charge in [-0.25, -0.2) is 4.98 Å². The molecule has 5 rings (SSSR count). The first-order valence-corrected chi connectivity index (χ1v) is 12.1. The topological polar surface area (TPSA) is 82.6 Å². The Bertz CT molecular complexity index is 735. The first kappa shape index (κ1) is 21.1. The first-order valence-electron chi connectivity index (χ1n) is 12.1. The molecule has 4 fully saturated rings. The van der Waals surface area contributed by atoms with Crippen LogP contribution in [0.15, 0.2) is 18.6 Å². The third-order valence-corrected chi connectivity index (χ3v) is 8.09. The Balaban J connectivity index is 1.19. The van der Waals surface area contributed by atoms with Gasteiger partial charge in [-0.15, -0.1) is 0 Å². The lowest BCUT2D eigenvalue weighted by Crippen LogP contribution is -2.61. The van der Waals surface area contributed by atoms with E-state index in [9.17, 15) is 4.79 Å². The van der Waals surface area contributed by atoms with Crippen LogP contribution >= 0.6 is 0 Å². The molecular formula is C23H36N6O2. The molecule has 1 aromatic rings. The van der Waals surface area contributed by atoms with Crippen molar-refractivity contribution in [2.45, 2.75) is 50.6 Å². The molecule has 8 heteroatoms. The zero-order valence-corrected chi connectivity index (χ0v) is 18.5. The van der Waals surface area contributed by atoms with Gasteiger partial charge in [0.25, 0.3) is 0 Å². The number of carbonyl (C=O) groups excluding carboxylic acids is 1. The van der Waals surface area contributed by atoms with Gasteiger partial charge >= 0.3 is 0 Å². The van der Waals surface area contributed by atoms with E-state index < -0.39 is 0 Å². The van der Waals surface area contributed by atoms with E-state index in [1.807, 2.05) is 6.20 Å². The molecule has 0 bridgehead atoms. The molecule has 3 aliphatic heterocycles. The third kappa shape index (κ3) is 4.43. The second-order valence-corrected chi connectivity index (χ2v) is 9.69. The van der Waals surface area contributed by atoms with Crippen molar-refractivity contribution in [2.24, 2.45) is 11.3 Å². The molecule has 170 valence electrons. The zero-order valence-electron chi connectivity index (χ0n) is 18.5. The highest BCUT2D eigenvalue weighted by Gasteiger charge is 2.51. The lowest BCUT2D eigenvalue weighted by molar-refractivity contribution is -0.141. The number of nitrogens with zero attached hydrogens (tertiary/aromatic N) is 4. The number of amides is 1. The molecule has 31 heavy (non-hydrogen) atoms. The van der Waals surface area contributed by atoms with Gasteiger partial charge in [0.15, 0.2) is 0 Å². The van der Waals surface area contributed by atoms with Crippen molar-refractivity contribution in [1.29, 1.82) is 0 Å². The molecule has 0 unspecified atom stereocenters. The van der Waals surface area contributed by atoms with Crippen molar-refractivity contribution >= 4 is 11.7 Å². The Morgan fingerprint density at radius 3 is 2.74 bits per heavy atom. The fourth-order valence-electron chi connectivity index (χ4n) is 6.20. The highest BCUT2D eigenvalue weighted by molar-refractivity contribution is 5.84. The van der Waals surface area contributed by atoms with E-state index in [1.165, 1.54) is 0 Å². The summed E-state index contributed by atoms with van der Waals surface area (Å²) in [5.74, 6) is 1.71. The number of rotatable bonds is 4. The predicted octanol–water partition coefficient (Wildman–Crippen LogP) is 1.04. The zero-order chi connectivity index (χ0) is 21.1. The second-order valence-electron chi connectivity index (χ2n) is 9.69. The van der Waals surface area contributed by atoms with Crippen molar-refractivity contribution in [3.05, 3.63) is 18.6 Å². The molecule has 0 spiro atoms. The van der Waals surface area contributed by atoms with E-state index >= 15 is 0 Å². The van der Waals surface area contributed by atoms with Crippen LogP contribution in [0.1, 0.15) is 38.5 Å². The number of piperidine rings is 2. The van der Waals surface area contributed by atoms with Crippen molar-refractivity contribution in [3.8, 4) is 0 Å². The standard InChI is InChI=1S/C23H36N6O2/c30-22(27-19-3-9-29(10-4-19)21-16-24-7-8-26-21)23-5-1-20(28-11-13-31-14-12-28)15-18(23)2-6-25-17-23/h7-8,16,18-20,25H,1-6,9-15,17H2,(H,27,30)/t18-,20+,23-/m1/s1. The van der Waals surface area contributed by atoms with Crippen molar-refractivity contribution in [2.75, 3.05) is 57.4 Å². The van der Waals surface area contributed by atoms with Crippen LogP contribution in [0, 0.1) is 11.3 Å². The summed E-state index contributed by atoms with van der Waals surface area (Å²) >= 11 is 0. The van der Waals surface area contributed by atoms with Crippen LogP contribution in [0.25, 0.3) is 0 Å². The van der Waals surface area contributed by atoms with Gasteiger partial charge in [-0.3, -0.25) is 14.7 Å². The van der Waals surface area contributed by atoms with E-state index in [0.29, 0.717) is 17.9 Å². The Hall–Kier alpha value is -1.77. The average molecular weight is 429 g/mol. The van der Waals surface area contributed by atoms with Gasteiger partial charge < -0.3 is 20.3 Å². The van der Waals surface area contributed by atoms with Gasteiger partial charge in [0, 0.05) is 57.2 Å². The fourth-order valence-corrected chi connectivity index (χ4v) is 6.20. The number of anilines is 1. The molecule has 3 saturated heterocycles. The minimum atomic E-state index is -0.233. The van der Waals surface area contributed by atoms with E-state index in [4.69, 9.17) is 4.74 Å². The van der Waals surface area contributed by atoms with E-state index in [0.717, 1.165) is 96.8 Å². The van der Waals surface area contributed by atoms with Crippen molar-refractivity contribution in [3.63, 3.8) is 0 Å². The predicted molar refractivity (Wildman–Crippen MR) is 119 cm³/mol. The van der Waals surface area contributed by atoms with Gasteiger partial charge in [-0.2, -0.15) is 0 Å². The van der Waals surface area contributed by atoms with Crippen LogP contribution in [-0.4, -0.2) is 85.3 Å². The molecule has 1 saturated carbocycles. The summed E-state index contributed by atoms with van der Waals surface area (Å²) in [6.07, 6.45) is 11.6. The summed E-state index contributed by atoms with van der Waals surface area (Å²) in [6, 6.07) is 0.873. The molecule has 3 atom stereocenters. The van der Waals surface area contributed by atoms with Gasteiger partial charge in [0.2, 0.25) is 5.91 Å². The number of fused-ring (bicyclic) bond motifs is 1.